The molecule has 4 heteroatoms. The van der Waals surface area contributed by atoms with Crippen LogP contribution in [0.25, 0.3) is 0 Å². The van der Waals surface area contributed by atoms with Crippen LogP contribution < -0.4 is 10.4 Å². The van der Waals surface area contributed by atoms with Gasteiger partial charge < -0.3 is 9.59 Å². The molecule has 0 aromatic heterocycles. The number of hydrogen-bond donors (Lipinski definition) is 2. The minimum absolute atomic E-state index is 0.903. The summed E-state index contributed by atoms with van der Waals surface area (Å²) in [6.45, 7) is 10.9. The molecule has 1 aromatic carbocycles. The molecule has 0 spiro atoms. The molecule has 0 fully saturated rings. The highest BCUT2D eigenvalue weighted by molar-refractivity contribution is 6.90. The van der Waals surface area contributed by atoms with Gasteiger partial charge in [-0.05, 0) is 23.5 Å². The monoisotopic (exact) mass is 250 g/mol. The average molecular weight is 250 g/mol. The van der Waals surface area contributed by atoms with E-state index in [1.165, 1.54) is 0 Å². The van der Waals surface area contributed by atoms with E-state index in [-0.39, 0.29) is 0 Å². The van der Waals surface area contributed by atoms with Crippen molar-refractivity contribution in [3.63, 3.8) is 0 Å². The summed E-state index contributed by atoms with van der Waals surface area (Å²) in [4.78, 5) is 20.2. The summed E-state index contributed by atoms with van der Waals surface area (Å²) in [6, 6.07) is 7.48. The van der Waals surface area contributed by atoms with Gasteiger partial charge in [-0.1, -0.05) is 35.7 Å². The van der Waals surface area contributed by atoms with Crippen molar-refractivity contribution < 1.29 is 9.59 Å². The predicted octanol–water partition coefficient (Wildman–Crippen LogP) is 0.686. The lowest BCUT2D eigenvalue weighted by molar-refractivity contribution is 0.573. The molecule has 0 amide bonds. The van der Waals surface area contributed by atoms with Gasteiger partial charge in [0.15, 0.2) is 0 Å². The summed E-state index contributed by atoms with van der Waals surface area (Å²) in [7, 11) is -4.95. The molecule has 0 bridgehead atoms. The van der Waals surface area contributed by atoms with Crippen molar-refractivity contribution in [3.8, 4) is 0 Å². The van der Waals surface area contributed by atoms with Crippen LogP contribution in [0.5, 0.6) is 0 Å². The fourth-order valence-corrected chi connectivity index (χ4v) is 3.54. The summed E-state index contributed by atoms with van der Waals surface area (Å²) >= 11 is 0. The van der Waals surface area contributed by atoms with E-state index in [9.17, 15) is 9.59 Å². The average Bonchev–Trinajstić information content (AvgIpc) is 2.29. The Morgan fingerprint density at radius 2 is 1.12 bits per heavy atom. The number of benzene rings is 1. The Morgan fingerprint density at radius 1 is 0.875 bits per heavy atom. The molecule has 2 nitrogen and oxygen atoms in total. The van der Waals surface area contributed by atoms with Crippen LogP contribution in [0.3, 0.4) is 0 Å². The van der Waals surface area contributed by atoms with Crippen molar-refractivity contribution in [2.45, 2.75) is 13.1 Å². The third-order valence-electron chi connectivity index (χ3n) is 2.85. The van der Waals surface area contributed by atoms with Gasteiger partial charge in [0.1, 0.15) is 0 Å². The molecule has 0 saturated carbocycles. The summed E-state index contributed by atoms with van der Waals surface area (Å²) in [5.74, 6) is 0. The van der Waals surface area contributed by atoms with Crippen molar-refractivity contribution >= 4 is 27.0 Å². The minimum atomic E-state index is -2.47. The molecule has 0 radical (unpaired) electrons. The minimum Gasteiger partial charge on any atom is -0.424 e. The fraction of sp³-hybridized carbons (Fsp3) is 0.167. The third kappa shape index (κ3) is 2.59. The largest absolute Gasteiger partial charge is 0.424 e. The highest BCUT2D eigenvalue weighted by Gasteiger charge is 2.26. The van der Waals surface area contributed by atoms with Crippen LogP contribution in [0.1, 0.15) is 0 Å². The van der Waals surface area contributed by atoms with E-state index in [0.717, 1.165) is 10.4 Å². The van der Waals surface area contributed by atoms with E-state index in [1.54, 1.807) is 11.4 Å². The summed E-state index contributed by atoms with van der Waals surface area (Å²) in [6.07, 6.45) is 0. The van der Waals surface area contributed by atoms with E-state index >= 15 is 0 Å². The lowest BCUT2D eigenvalue weighted by atomic mass is 10.4. The van der Waals surface area contributed by atoms with Crippen LogP contribution in [0.15, 0.2) is 48.8 Å². The smallest absolute Gasteiger partial charge is 0.241 e. The van der Waals surface area contributed by atoms with E-state index in [1.807, 2.05) is 37.4 Å². The molecular weight excluding hydrogens is 232 g/mol. The quantitative estimate of drug-likeness (QED) is 0.772. The van der Waals surface area contributed by atoms with Crippen LogP contribution in [-0.4, -0.2) is 26.2 Å². The Labute approximate surface area is 98.8 Å². The Bertz CT molecular complexity index is 355. The lowest BCUT2D eigenvalue weighted by Gasteiger charge is -2.19. The summed E-state index contributed by atoms with van der Waals surface area (Å²) in [5.41, 5.74) is 3.26. The second-order valence-corrected chi connectivity index (χ2v) is 10.8. The predicted molar refractivity (Wildman–Crippen MR) is 73.8 cm³/mol. The maximum absolute atomic E-state index is 10.1. The summed E-state index contributed by atoms with van der Waals surface area (Å²) < 4.78 is 0. The van der Waals surface area contributed by atoms with Crippen LogP contribution >= 0.6 is 0 Å². The zero-order valence-corrected chi connectivity index (χ0v) is 11.8. The SMILES string of the molecule is C=C[Si](C)(O)c1ccc([Si](C)(O)C=C)cc1. The first kappa shape index (κ1) is 13.1. The number of hydrogen-bond acceptors (Lipinski definition) is 2. The highest BCUT2D eigenvalue weighted by atomic mass is 28.4. The Kier molecular flexibility index (Phi) is 3.69. The molecule has 2 unspecified atom stereocenters. The van der Waals surface area contributed by atoms with Gasteiger partial charge in [-0.2, -0.15) is 0 Å². The first-order valence-corrected chi connectivity index (χ1v) is 10.2. The molecular formula is C12H18O2Si2. The van der Waals surface area contributed by atoms with E-state index in [2.05, 4.69) is 13.2 Å². The van der Waals surface area contributed by atoms with Crippen molar-refractivity contribution in [1.29, 1.82) is 0 Å². The molecule has 86 valence electrons. The Morgan fingerprint density at radius 3 is 1.31 bits per heavy atom. The second kappa shape index (κ2) is 4.51. The number of rotatable bonds is 4. The zero-order chi connectivity index (χ0) is 12.4. The first-order valence-electron chi connectivity index (χ1n) is 5.16. The topological polar surface area (TPSA) is 40.5 Å². The molecule has 0 aliphatic carbocycles. The van der Waals surface area contributed by atoms with Crippen molar-refractivity contribution in [3.05, 3.63) is 48.8 Å². The maximum Gasteiger partial charge on any atom is 0.241 e. The molecule has 0 aliphatic heterocycles. The van der Waals surface area contributed by atoms with Crippen LogP contribution in [-0.2, 0) is 0 Å². The molecule has 2 N–H and O–H groups in total. The van der Waals surface area contributed by atoms with Crippen molar-refractivity contribution in [2.75, 3.05) is 0 Å². The molecule has 1 rings (SSSR count). The summed E-state index contributed by atoms with van der Waals surface area (Å²) in [5, 5.41) is 1.81. The van der Waals surface area contributed by atoms with Gasteiger partial charge in [-0.3, -0.25) is 0 Å². The van der Waals surface area contributed by atoms with Gasteiger partial charge in [-0.15, -0.1) is 13.2 Å². The molecule has 0 saturated heterocycles. The highest BCUT2D eigenvalue weighted by Crippen LogP contribution is 2.03. The van der Waals surface area contributed by atoms with Crippen LogP contribution in [0, 0.1) is 0 Å². The van der Waals surface area contributed by atoms with E-state index in [0.29, 0.717) is 0 Å². The first-order chi connectivity index (χ1) is 7.33. The third-order valence-corrected chi connectivity index (χ3v) is 7.44. The van der Waals surface area contributed by atoms with E-state index in [4.69, 9.17) is 0 Å². The maximum atomic E-state index is 10.1. The van der Waals surface area contributed by atoms with Crippen LogP contribution in [0.2, 0.25) is 13.1 Å². The normalized spacial score (nSPS) is 18.2. The second-order valence-electron chi connectivity index (χ2n) is 4.28. The molecule has 0 aliphatic rings. The van der Waals surface area contributed by atoms with Gasteiger partial charge in [0.05, 0.1) is 0 Å². The van der Waals surface area contributed by atoms with Gasteiger partial charge >= 0.3 is 0 Å². The van der Waals surface area contributed by atoms with E-state index < -0.39 is 16.6 Å². The van der Waals surface area contributed by atoms with Gasteiger partial charge in [0, 0.05) is 0 Å². The van der Waals surface area contributed by atoms with Crippen molar-refractivity contribution in [2.24, 2.45) is 0 Å². The van der Waals surface area contributed by atoms with Crippen molar-refractivity contribution in [1.82, 2.24) is 0 Å². The Hall–Kier alpha value is -0.946. The zero-order valence-electron chi connectivity index (χ0n) is 9.77. The molecule has 1 aromatic rings. The van der Waals surface area contributed by atoms with Gasteiger partial charge in [-0.25, -0.2) is 0 Å². The van der Waals surface area contributed by atoms with Gasteiger partial charge in [0.25, 0.3) is 0 Å². The Balaban J connectivity index is 3.09. The molecule has 0 heterocycles. The van der Waals surface area contributed by atoms with Gasteiger partial charge in [0.2, 0.25) is 16.6 Å². The molecule has 2 atom stereocenters. The van der Waals surface area contributed by atoms with Crippen LogP contribution in [0.4, 0.5) is 0 Å². The molecule has 16 heavy (non-hydrogen) atoms. The lowest BCUT2D eigenvalue weighted by Crippen LogP contribution is -2.47. The fourth-order valence-electron chi connectivity index (χ4n) is 1.38. The standard InChI is InChI=1S/C12H18O2Si2/c1-5-15(3,13)11-7-9-12(10-8-11)16(4,14)6-2/h5-10,13-14H,1-2H2,3-4H3.